The van der Waals surface area contributed by atoms with Gasteiger partial charge in [0, 0.05) is 30.1 Å². The van der Waals surface area contributed by atoms with Crippen molar-refractivity contribution in [1.82, 2.24) is 36.9 Å². The van der Waals surface area contributed by atoms with Gasteiger partial charge in [-0.1, -0.05) is 58.7 Å². The van der Waals surface area contributed by atoms with E-state index in [1.54, 1.807) is 20.0 Å². The van der Waals surface area contributed by atoms with E-state index >= 15 is 0 Å². The number of guanidine groups is 1. The molecule has 1 heterocycles. The number of fused-ring (bicyclic) bond motifs is 1. The number of carbonyl (C=O) groups excluding carboxylic acids is 6. The van der Waals surface area contributed by atoms with Crippen LogP contribution in [0.5, 0.6) is 0 Å². The molecule has 2 aromatic rings. The first-order valence-electron chi connectivity index (χ1n) is 20.0. The van der Waals surface area contributed by atoms with E-state index in [-0.39, 0.29) is 37.7 Å². The van der Waals surface area contributed by atoms with Crippen molar-refractivity contribution in [2.45, 2.75) is 122 Å². The quantitative estimate of drug-likeness (QED) is 0.0281. The highest BCUT2D eigenvalue weighted by Crippen LogP contribution is 2.20. The highest BCUT2D eigenvalue weighted by molar-refractivity contribution is 5.97. The summed E-state index contributed by atoms with van der Waals surface area (Å²) in [5.41, 5.74) is 18.3. The average molecular weight is 846 g/mol. The number of carboxylic acid groups (broad SMARTS) is 1. The maximum Gasteiger partial charge on any atom is 0.326 e. The molecule has 0 aliphatic heterocycles. The van der Waals surface area contributed by atoms with Gasteiger partial charge in [0.2, 0.25) is 35.4 Å². The van der Waals surface area contributed by atoms with Crippen molar-refractivity contribution in [2.24, 2.45) is 34.0 Å². The van der Waals surface area contributed by atoms with Gasteiger partial charge in [0.05, 0.1) is 24.8 Å². The first kappa shape index (κ1) is 50.3. The molecule has 0 aliphatic carbocycles. The van der Waals surface area contributed by atoms with Crippen LogP contribution in [-0.4, -0.2) is 129 Å². The zero-order chi connectivity index (χ0) is 45.3. The summed E-state index contributed by atoms with van der Waals surface area (Å²) >= 11 is 0. The molecule has 21 heteroatoms. The van der Waals surface area contributed by atoms with Gasteiger partial charge in [0.15, 0.2) is 5.96 Å². The fourth-order valence-electron chi connectivity index (χ4n) is 6.04. The Kier molecular flexibility index (Phi) is 20.4. The summed E-state index contributed by atoms with van der Waals surface area (Å²) in [7, 11) is 0. The Hall–Kier alpha value is -5.80. The number of amides is 6. The van der Waals surface area contributed by atoms with Gasteiger partial charge in [-0.3, -0.25) is 33.8 Å². The lowest BCUT2D eigenvalue weighted by atomic mass is 9.96. The minimum absolute atomic E-state index is 0.0628. The van der Waals surface area contributed by atoms with Gasteiger partial charge in [-0.05, 0) is 50.2 Å². The molecule has 0 saturated heterocycles. The molecule has 2 rings (SSSR count). The zero-order valence-electron chi connectivity index (χ0n) is 35.0. The van der Waals surface area contributed by atoms with E-state index in [1.807, 2.05) is 38.1 Å². The number of para-hydroxylation sites is 1. The number of aromatic nitrogens is 1. The second-order valence-electron chi connectivity index (χ2n) is 15.0. The highest BCUT2D eigenvalue weighted by atomic mass is 16.4. The highest BCUT2D eigenvalue weighted by Gasteiger charge is 2.35. The van der Waals surface area contributed by atoms with Gasteiger partial charge in [-0.2, -0.15) is 0 Å². The molecule has 0 bridgehead atoms. The van der Waals surface area contributed by atoms with Crippen LogP contribution in [0.25, 0.3) is 10.9 Å². The number of aliphatic imine (C=N–C) groups is 1. The van der Waals surface area contributed by atoms with E-state index in [9.17, 15) is 48.9 Å². The van der Waals surface area contributed by atoms with E-state index in [0.29, 0.717) is 12.8 Å². The van der Waals surface area contributed by atoms with E-state index in [1.165, 1.54) is 6.92 Å². The van der Waals surface area contributed by atoms with Gasteiger partial charge in [0.25, 0.3) is 0 Å². The lowest BCUT2D eigenvalue weighted by Gasteiger charge is -2.28. The smallest absolute Gasteiger partial charge is 0.326 e. The van der Waals surface area contributed by atoms with Crippen LogP contribution in [0.2, 0.25) is 0 Å². The van der Waals surface area contributed by atoms with Gasteiger partial charge in [-0.25, -0.2) is 4.79 Å². The molecule has 10 atom stereocenters. The number of aliphatic hydroxyl groups excluding tert-OH is 2. The first-order chi connectivity index (χ1) is 28.2. The number of H-pyrrole nitrogens is 1. The number of aromatic amines is 1. The minimum atomic E-state index is -1.70. The minimum Gasteiger partial charge on any atom is -0.480 e. The molecule has 1 aromatic heterocycles. The summed E-state index contributed by atoms with van der Waals surface area (Å²) in [5, 5.41) is 45.8. The van der Waals surface area contributed by atoms with Gasteiger partial charge in [-0.15, -0.1) is 0 Å². The van der Waals surface area contributed by atoms with Crippen molar-refractivity contribution in [1.29, 1.82) is 0 Å². The molecular formula is C39H63N11O10. The molecule has 1 aromatic carbocycles. The molecule has 21 nitrogen and oxygen atoms in total. The number of hydrogen-bond acceptors (Lipinski definition) is 11. The third kappa shape index (κ3) is 15.4. The Morgan fingerprint density at radius 2 is 1.30 bits per heavy atom. The molecule has 334 valence electrons. The number of aliphatic hydroxyl groups is 2. The number of hydrogen-bond donors (Lipinski definition) is 13. The van der Waals surface area contributed by atoms with Crippen molar-refractivity contribution in [3.05, 3.63) is 36.0 Å². The van der Waals surface area contributed by atoms with Crippen LogP contribution in [0.3, 0.4) is 0 Å². The van der Waals surface area contributed by atoms with Crippen LogP contribution >= 0.6 is 0 Å². The van der Waals surface area contributed by atoms with Crippen LogP contribution in [0, 0.1) is 11.8 Å². The summed E-state index contributed by atoms with van der Waals surface area (Å²) in [6.07, 6.45) is -0.158. The number of nitrogens with two attached hydrogens (primary N) is 3. The first-order valence-corrected chi connectivity index (χ1v) is 20.0. The molecular weight excluding hydrogens is 782 g/mol. The Morgan fingerprint density at radius 1 is 0.733 bits per heavy atom. The summed E-state index contributed by atoms with van der Waals surface area (Å²) in [4.78, 5) is 98.7. The Balaban J connectivity index is 2.17. The summed E-state index contributed by atoms with van der Waals surface area (Å²) in [5.74, 6) is -7.29. The fourth-order valence-corrected chi connectivity index (χ4v) is 6.04. The largest absolute Gasteiger partial charge is 0.480 e. The van der Waals surface area contributed by atoms with Crippen molar-refractivity contribution >= 4 is 58.3 Å². The monoisotopic (exact) mass is 845 g/mol. The summed E-state index contributed by atoms with van der Waals surface area (Å²) < 4.78 is 0. The third-order valence-corrected chi connectivity index (χ3v) is 10.2. The van der Waals surface area contributed by atoms with E-state index < -0.39 is 102 Å². The van der Waals surface area contributed by atoms with Gasteiger partial charge >= 0.3 is 5.97 Å². The standard InChI is InChI=1S/C39H63N11O10/c1-7-19(3)29(40)34(55)47-27(16-23-17-44-25-13-10-9-12-24(23)25)33(54)49-30(20(4)8-2)35(56)45-18-28(53)48-31(21(5)51)37(58)50-32(22(6)52)36(57)46-26(38(59)60)14-11-15-43-39(41)42/h9-10,12-13,17,19-22,26-27,29-32,44,51-52H,7-8,11,14-16,18,40H2,1-6H3,(H,45,56)(H,46,57)(H,47,55)(H,48,53)(H,49,54)(H,50,58)(H,59,60)(H4,41,42,43)/t19-,20-,21+,22+,26-,27-,29-,30-,31-,32-/m0/s1. The molecule has 0 spiro atoms. The molecule has 6 amide bonds. The second kappa shape index (κ2) is 24.3. The number of aliphatic carboxylic acids is 1. The molecule has 60 heavy (non-hydrogen) atoms. The number of carbonyl (C=O) groups is 7. The predicted molar refractivity (Wildman–Crippen MR) is 222 cm³/mol. The third-order valence-electron chi connectivity index (χ3n) is 10.2. The average Bonchev–Trinajstić information content (AvgIpc) is 3.61. The van der Waals surface area contributed by atoms with Crippen LogP contribution in [-0.2, 0) is 40.0 Å². The molecule has 0 saturated carbocycles. The Bertz CT molecular complexity index is 1810. The Morgan fingerprint density at radius 3 is 1.88 bits per heavy atom. The van der Waals surface area contributed by atoms with Gasteiger partial charge in [0.1, 0.15) is 30.2 Å². The van der Waals surface area contributed by atoms with Crippen molar-refractivity contribution in [2.75, 3.05) is 13.1 Å². The number of benzene rings is 1. The summed E-state index contributed by atoms with van der Waals surface area (Å²) in [6.45, 7) is 8.93. The molecule has 16 N–H and O–H groups in total. The number of nitrogens with one attached hydrogen (secondary N) is 7. The lowest BCUT2D eigenvalue weighted by Crippen LogP contribution is -2.61. The van der Waals surface area contributed by atoms with Crippen LogP contribution in [0.4, 0.5) is 0 Å². The fraction of sp³-hybridized carbons (Fsp3) is 0.590. The Labute approximate surface area is 348 Å². The van der Waals surface area contributed by atoms with E-state index in [2.05, 4.69) is 41.9 Å². The van der Waals surface area contributed by atoms with Crippen LogP contribution in [0.15, 0.2) is 35.5 Å². The van der Waals surface area contributed by atoms with E-state index in [4.69, 9.17) is 17.2 Å². The number of carboxylic acids is 1. The van der Waals surface area contributed by atoms with Crippen molar-refractivity contribution < 1.29 is 48.9 Å². The number of rotatable bonds is 25. The topological polar surface area (TPSA) is 359 Å². The normalized spacial score (nSPS) is 16.2. The van der Waals surface area contributed by atoms with Crippen molar-refractivity contribution in [3.63, 3.8) is 0 Å². The van der Waals surface area contributed by atoms with Gasteiger partial charge < -0.3 is 69.4 Å². The maximum absolute atomic E-state index is 13.9. The van der Waals surface area contributed by atoms with E-state index in [0.717, 1.165) is 23.4 Å². The second-order valence-corrected chi connectivity index (χ2v) is 15.0. The zero-order valence-corrected chi connectivity index (χ0v) is 35.0. The summed E-state index contributed by atoms with van der Waals surface area (Å²) in [6, 6.07) is -0.610. The van der Waals surface area contributed by atoms with Crippen molar-refractivity contribution in [3.8, 4) is 0 Å². The maximum atomic E-state index is 13.9. The van der Waals surface area contributed by atoms with Crippen LogP contribution in [0.1, 0.15) is 72.8 Å². The molecule has 0 radical (unpaired) electrons. The SMILES string of the molecule is CC[C@H](C)[C@H](N)C(=O)N[C@@H](Cc1c[nH]c2ccccc12)C(=O)N[C@H](C(=O)NCC(=O)N[C@H](C(=O)N[C@H](C(=O)N[C@@H](CCCN=C(N)N)C(=O)O)[C@@H](C)O)[C@@H](C)O)[C@@H](C)CC. The number of nitrogens with zero attached hydrogens (tertiary/aromatic N) is 1. The molecule has 0 aliphatic rings. The lowest BCUT2D eigenvalue weighted by molar-refractivity contribution is -0.143. The van der Waals surface area contributed by atoms with Crippen LogP contribution < -0.4 is 49.1 Å². The molecule has 0 fully saturated rings. The molecule has 0 unspecified atom stereocenters. The predicted octanol–water partition coefficient (Wildman–Crippen LogP) is -2.43.